The van der Waals surface area contributed by atoms with Crippen LogP contribution in [0.2, 0.25) is 0 Å². The third kappa shape index (κ3) is 3.55. The molecule has 4 nitrogen and oxygen atoms in total. The van der Waals surface area contributed by atoms with E-state index in [1.807, 2.05) is 6.92 Å². The Kier molecular flexibility index (Phi) is 5.51. The predicted molar refractivity (Wildman–Crippen MR) is 77.8 cm³/mol. The summed E-state index contributed by atoms with van der Waals surface area (Å²) in [6, 6.07) is 2.18. The van der Waals surface area contributed by atoms with Gasteiger partial charge in [-0.1, -0.05) is 13.0 Å². The molecule has 0 saturated carbocycles. The van der Waals surface area contributed by atoms with E-state index in [4.69, 9.17) is 5.73 Å². The first-order valence-electron chi connectivity index (χ1n) is 5.70. The maximum atomic E-state index is 13.3. The summed E-state index contributed by atoms with van der Waals surface area (Å²) < 4.78 is 39.6. The molecule has 2 N–H and O–H groups in total. The Bertz CT molecular complexity index is 575. The second kappa shape index (κ2) is 6.49. The van der Waals surface area contributed by atoms with E-state index >= 15 is 0 Å². The van der Waals surface area contributed by atoms with Gasteiger partial charge < -0.3 is 5.73 Å². The molecule has 1 aromatic rings. The van der Waals surface area contributed by atoms with Gasteiger partial charge in [0, 0.05) is 17.6 Å². The van der Waals surface area contributed by atoms with Crippen LogP contribution < -0.4 is 5.73 Å². The maximum absolute atomic E-state index is 13.3. The summed E-state index contributed by atoms with van der Waals surface area (Å²) in [6.07, 6.45) is 2.18. The van der Waals surface area contributed by atoms with Gasteiger partial charge in [0.15, 0.2) is 0 Å². The minimum Gasteiger partial charge on any atom is -0.396 e. The molecule has 0 heterocycles. The quantitative estimate of drug-likeness (QED) is 0.633. The van der Waals surface area contributed by atoms with E-state index in [0.29, 0.717) is 13.0 Å². The number of hydrogen-bond acceptors (Lipinski definition) is 3. The summed E-state index contributed by atoms with van der Waals surface area (Å²) >= 11 is 3.06. The number of halogens is 2. The van der Waals surface area contributed by atoms with Crippen molar-refractivity contribution in [3.63, 3.8) is 0 Å². The molecule has 7 heteroatoms. The molecule has 0 unspecified atom stereocenters. The van der Waals surface area contributed by atoms with Crippen LogP contribution in [-0.2, 0) is 10.0 Å². The van der Waals surface area contributed by atoms with E-state index in [-0.39, 0.29) is 21.6 Å². The molecule has 19 heavy (non-hydrogen) atoms. The first kappa shape index (κ1) is 16.1. The molecule has 0 atom stereocenters. The van der Waals surface area contributed by atoms with Gasteiger partial charge >= 0.3 is 0 Å². The van der Waals surface area contributed by atoms with Gasteiger partial charge in [-0.25, -0.2) is 12.8 Å². The zero-order valence-corrected chi connectivity index (χ0v) is 13.0. The van der Waals surface area contributed by atoms with Crippen molar-refractivity contribution in [2.24, 2.45) is 0 Å². The number of rotatable bonds is 6. The molecule has 1 aromatic carbocycles. The van der Waals surface area contributed by atoms with E-state index in [9.17, 15) is 12.8 Å². The normalized spacial score (nSPS) is 11.8. The average Bonchev–Trinajstić information content (AvgIpc) is 2.33. The predicted octanol–water partition coefficient (Wildman–Crippen LogP) is 2.76. The summed E-state index contributed by atoms with van der Waals surface area (Å²) in [4.78, 5) is -0.0401. The Labute approximate surface area is 121 Å². The lowest BCUT2D eigenvalue weighted by atomic mass is 10.3. The lowest BCUT2D eigenvalue weighted by Gasteiger charge is -2.21. The molecule has 0 amide bonds. The fourth-order valence-corrected chi connectivity index (χ4v) is 4.10. The highest BCUT2D eigenvalue weighted by molar-refractivity contribution is 9.10. The van der Waals surface area contributed by atoms with Crippen molar-refractivity contribution < 1.29 is 12.8 Å². The van der Waals surface area contributed by atoms with Gasteiger partial charge in [-0.15, -0.1) is 6.58 Å². The van der Waals surface area contributed by atoms with Gasteiger partial charge in [-0.2, -0.15) is 4.31 Å². The number of nitrogens with zero attached hydrogens (tertiary/aromatic N) is 1. The van der Waals surface area contributed by atoms with Crippen LogP contribution in [0.1, 0.15) is 13.3 Å². The van der Waals surface area contributed by atoms with Crippen molar-refractivity contribution in [1.29, 1.82) is 0 Å². The number of nitrogens with two attached hydrogens (primary N) is 1. The van der Waals surface area contributed by atoms with Crippen molar-refractivity contribution in [3.05, 3.63) is 35.1 Å². The van der Waals surface area contributed by atoms with E-state index in [0.717, 1.165) is 12.1 Å². The van der Waals surface area contributed by atoms with Crippen molar-refractivity contribution >= 4 is 31.6 Å². The topological polar surface area (TPSA) is 63.4 Å². The van der Waals surface area contributed by atoms with Gasteiger partial charge in [-0.05, 0) is 34.5 Å². The van der Waals surface area contributed by atoms with Crippen LogP contribution in [0.3, 0.4) is 0 Å². The van der Waals surface area contributed by atoms with Crippen LogP contribution in [0.15, 0.2) is 34.2 Å². The first-order chi connectivity index (χ1) is 8.84. The van der Waals surface area contributed by atoms with Crippen LogP contribution in [0, 0.1) is 5.82 Å². The van der Waals surface area contributed by atoms with Crippen LogP contribution >= 0.6 is 15.9 Å². The molecule has 1 rings (SSSR count). The number of hydrogen-bond donors (Lipinski definition) is 1. The summed E-state index contributed by atoms with van der Waals surface area (Å²) in [5.74, 6) is -0.656. The molecule has 0 aliphatic carbocycles. The average molecular weight is 351 g/mol. The molecule has 0 aliphatic rings. The molecule has 0 aliphatic heterocycles. The lowest BCUT2D eigenvalue weighted by Crippen LogP contribution is -2.32. The van der Waals surface area contributed by atoms with Gasteiger partial charge in [0.05, 0.1) is 10.6 Å². The molecule has 0 radical (unpaired) electrons. The zero-order valence-electron chi connectivity index (χ0n) is 10.6. The van der Waals surface area contributed by atoms with E-state index in [2.05, 4.69) is 22.5 Å². The van der Waals surface area contributed by atoms with E-state index < -0.39 is 15.8 Å². The van der Waals surface area contributed by atoms with Crippen molar-refractivity contribution in [1.82, 2.24) is 4.31 Å². The van der Waals surface area contributed by atoms with Gasteiger partial charge in [0.2, 0.25) is 10.0 Å². The second-order valence-electron chi connectivity index (χ2n) is 3.96. The Morgan fingerprint density at radius 2 is 2.16 bits per heavy atom. The first-order valence-corrected chi connectivity index (χ1v) is 7.93. The summed E-state index contributed by atoms with van der Waals surface area (Å²) in [6.45, 7) is 5.97. The van der Waals surface area contributed by atoms with Crippen molar-refractivity contribution in [2.45, 2.75) is 18.2 Å². The monoisotopic (exact) mass is 350 g/mol. The minimum absolute atomic E-state index is 0.0401. The summed E-state index contributed by atoms with van der Waals surface area (Å²) in [5, 5.41) is 0. The SMILES string of the molecule is C=CCN(CCC)S(=O)(=O)c1cc(N)c(F)cc1Br. The molecular weight excluding hydrogens is 335 g/mol. The highest BCUT2D eigenvalue weighted by Gasteiger charge is 2.26. The van der Waals surface area contributed by atoms with E-state index in [1.165, 1.54) is 10.4 Å². The Morgan fingerprint density at radius 3 is 2.68 bits per heavy atom. The molecular formula is C12H16BrFN2O2S. The largest absolute Gasteiger partial charge is 0.396 e. The Morgan fingerprint density at radius 1 is 1.53 bits per heavy atom. The van der Waals surface area contributed by atoms with Crippen molar-refractivity contribution in [3.8, 4) is 0 Å². The smallest absolute Gasteiger partial charge is 0.244 e. The highest BCUT2D eigenvalue weighted by atomic mass is 79.9. The molecule has 0 fully saturated rings. The van der Waals surface area contributed by atoms with Crippen LogP contribution in [0.4, 0.5) is 10.1 Å². The number of anilines is 1. The van der Waals surface area contributed by atoms with Crippen LogP contribution in [-0.4, -0.2) is 25.8 Å². The third-order valence-electron chi connectivity index (χ3n) is 2.47. The molecule has 0 aromatic heterocycles. The summed E-state index contributed by atoms with van der Waals surface area (Å²) in [5.41, 5.74) is 5.24. The van der Waals surface area contributed by atoms with Gasteiger partial charge in [-0.3, -0.25) is 0 Å². The molecule has 0 bridgehead atoms. The maximum Gasteiger partial charge on any atom is 0.244 e. The van der Waals surface area contributed by atoms with Crippen LogP contribution in [0.25, 0.3) is 0 Å². The molecule has 106 valence electrons. The second-order valence-corrected chi connectivity index (χ2v) is 6.72. The highest BCUT2D eigenvalue weighted by Crippen LogP contribution is 2.29. The zero-order chi connectivity index (χ0) is 14.6. The Balaban J connectivity index is 3.32. The van der Waals surface area contributed by atoms with Crippen LogP contribution in [0.5, 0.6) is 0 Å². The third-order valence-corrected chi connectivity index (χ3v) is 5.30. The fraction of sp³-hybridized carbons (Fsp3) is 0.333. The standard InChI is InChI=1S/C12H16BrFN2O2S/c1-3-5-16(6-4-2)19(17,18)12-8-11(15)10(14)7-9(12)13/h3,7-8H,1,4-6,15H2,2H3. The van der Waals surface area contributed by atoms with E-state index in [1.54, 1.807) is 0 Å². The molecule has 0 saturated heterocycles. The van der Waals surface area contributed by atoms with Gasteiger partial charge in [0.1, 0.15) is 5.82 Å². The molecule has 0 spiro atoms. The van der Waals surface area contributed by atoms with Crippen molar-refractivity contribution in [2.75, 3.05) is 18.8 Å². The fourth-order valence-electron chi connectivity index (χ4n) is 1.58. The lowest BCUT2D eigenvalue weighted by molar-refractivity contribution is 0.441. The minimum atomic E-state index is -3.73. The number of nitrogen functional groups attached to an aromatic ring is 1. The Hall–Kier alpha value is -0.920. The summed E-state index contributed by atoms with van der Waals surface area (Å²) in [7, 11) is -3.73. The van der Waals surface area contributed by atoms with Gasteiger partial charge in [0.25, 0.3) is 0 Å². The number of benzene rings is 1. The number of sulfonamides is 1.